The summed E-state index contributed by atoms with van der Waals surface area (Å²) >= 11 is 0. The number of benzene rings is 2. The molecule has 1 nitrogen and oxygen atoms in total. The van der Waals surface area contributed by atoms with Gasteiger partial charge in [0.25, 0.3) is 0 Å². The number of halogens is 4. The van der Waals surface area contributed by atoms with E-state index < -0.39 is 23.3 Å². The number of aryl methyl sites for hydroxylation is 1. The standard InChI is InChI=1S/C29H29F4N/c1-3-5-18-7-9-19(10-8-18)21-12-16-25(34-17-21)24-15-14-23(28(32)29(24)33)22-13-11-20(6-4-2)26(30)27(22)31/h3,5,11-19H,4,6-10H2,1-2H3/b5-3+. The van der Waals surface area contributed by atoms with Gasteiger partial charge < -0.3 is 0 Å². The summed E-state index contributed by atoms with van der Waals surface area (Å²) in [7, 11) is 0. The minimum atomic E-state index is -1.22. The van der Waals surface area contributed by atoms with Crippen molar-refractivity contribution >= 4 is 0 Å². The molecule has 3 aromatic rings. The van der Waals surface area contributed by atoms with Gasteiger partial charge in [0.1, 0.15) is 0 Å². The van der Waals surface area contributed by atoms with Crippen LogP contribution in [0.4, 0.5) is 17.6 Å². The van der Waals surface area contributed by atoms with E-state index in [1.165, 1.54) is 24.3 Å². The highest BCUT2D eigenvalue weighted by Crippen LogP contribution is 2.37. The molecule has 0 aliphatic heterocycles. The van der Waals surface area contributed by atoms with Crippen molar-refractivity contribution in [3.05, 3.63) is 89.1 Å². The van der Waals surface area contributed by atoms with Gasteiger partial charge in [-0.05, 0) is 74.1 Å². The van der Waals surface area contributed by atoms with Crippen LogP contribution in [-0.2, 0) is 6.42 Å². The largest absolute Gasteiger partial charge is 0.256 e. The fourth-order valence-corrected chi connectivity index (χ4v) is 4.94. The predicted octanol–water partition coefficient (Wildman–Crippen LogP) is 8.77. The van der Waals surface area contributed by atoms with E-state index in [0.29, 0.717) is 30.4 Å². The zero-order chi connectivity index (χ0) is 24.2. The molecule has 2 aromatic carbocycles. The zero-order valence-electron chi connectivity index (χ0n) is 19.6. The third kappa shape index (κ3) is 4.79. The Balaban J connectivity index is 1.58. The van der Waals surface area contributed by atoms with E-state index in [2.05, 4.69) is 17.1 Å². The molecule has 0 unspecified atom stereocenters. The normalized spacial score (nSPS) is 18.5. The molecule has 0 bridgehead atoms. The van der Waals surface area contributed by atoms with Crippen molar-refractivity contribution < 1.29 is 17.6 Å². The highest BCUT2D eigenvalue weighted by Gasteiger charge is 2.23. The Kier molecular flexibility index (Phi) is 7.50. The number of hydrogen-bond acceptors (Lipinski definition) is 1. The summed E-state index contributed by atoms with van der Waals surface area (Å²) in [5.74, 6) is -3.47. The molecular formula is C29H29F4N. The van der Waals surface area contributed by atoms with Gasteiger partial charge in [-0.1, -0.05) is 49.8 Å². The average molecular weight is 468 g/mol. The third-order valence-electron chi connectivity index (χ3n) is 6.82. The maximum absolute atomic E-state index is 15.0. The Morgan fingerprint density at radius 3 is 2.03 bits per heavy atom. The SMILES string of the molecule is C/C=C/C1CCC(c2ccc(-c3ccc(-c4ccc(CCC)c(F)c4F)c(F)c3F)nc2)CC1. The monoisotopic (exact) mass is 467 g/mol. The molecule has 1 heterocycles. The highest BCUT2D eigenvalue weighted by atomic mass is 19.2. The minimum Gasteiger partial charge on any atom is -0.256 e. The molecule has 0 saturated heterocycles. The summed E-state index contributed by atoms with van der Waals surface area (Å²) in [6, 6.07) is 9.01. The van der Waals surface area contributed by atoms with Crippen molar-refractivity contribution in [2.45, 2.75) is 58.3 Å². The molecule has 1 fully saturated rings. The zero-order valence-corrected chi connectivity index (χ0v) is 19.6. The smallest absolute Gasteiger partial charge is 0.168 e. The summed E-state index contributed by atoms with van der Waals surface area (Å²) in [5.41, 5.74) is 1.02. The van der Waals surface area contributed by atoms with Crippen molar-refractivity contribution in [3.63, 3.8) is 0 Å². The first kappa shape index (κ1) is 24.2. The second-order valence-corrected chi connectivity index (χ2v) is 9.05. The summed E-state index contributed by atoms with van der Waals surface area (Å²) in [4.78, 5) is 4.39. The van der Waals surface area contributed by atoms with Gasteiger partial charge >= 0.3 is 0 Å². The van der Waals surface area contributed by atoms with Gasteiger partial charge in [0, 0.05) is 22.9 Å². The molecule has 0 amide bonds. The first-order valence-electron chi connectivity index (χ1n) is 12.0. The van der Waals surface area contributed by atoms with Gasteiger partial charge in [0.2, 0.25) is 0 Å². The lowest BCUT2D eigenvalue weighted by atomic mass is 9.79. The van der Waals surface area contributed by atoms with Crippen LogP contribution in [0.15, 0.2) is 54.7 Å². The number of allylic oxidation sites excluding steroid dienone is 2. The molecule has 4 rings (SSSR count). The maximum atomic E-state index is 15.0. The van der Waals surface area contributed by atoms with Gasteiger partial charge in [0.05, 0.1) is 5.69 Å². The third-order valence-corrected chi connectivity index (χ3v) is 6.82. The van der Waals surface area contributed by atoms with Crippen LogP contribution in [0.1, 0.15) is 63.0 Å². The van der Waals surface area contributed by atoms with E-state index in [4.69, 9.17) is 0 Å². The molecule has 0 N–H and O–H groups in total. The van der Waals surface area contributed by atoms with Gasteiger partial charge in [-0.25, -0.2) is 17.6 Å². The Hall–Kier alpha value is -2.95. The Labute approximate surface area is 198 Å². The average Bonchev–Trinajstić information content (AvgIpc) is 2.85. The van der Waals surface area contributed by atoms with E-state index in [1.807, 2.05) is 19.9 Å². The van der Waals surface area contributed by atoms with Crippen LogP contribution in [0.3, 0.4) is 0 Å². The molecular weight excluding hydrogens is 438 g/mol. The molecule has 1 aliphatic rings. The maximum Gasteiger partial charge on any atom is 0.168 e. The van der Waals surface area contributed by atoms with Crippen LogP contribution in [0, 0.1) is 29.2 Å². The van der Waals surface area contributed by atoms with Crippen LogP contribution in [0.2, 0.25) is 0 Å². The predicted molar refractivity (Wildman–Crippen MR) is 128 cm³/mol. The lowest BCUT2D eigenvalue weighted by Crippen LogP contribution is -2.12. The molecule has 1 saturated carbocycles. The van der Waals surface area contributed by atoms with Crippen molar-refractivity contribution in [1.82, 2.24) is 4.98 Å². The van der Waals surface area contributed by atoms with Crippen LogP contribution in [-0.4, -0.2) is 4.98 Å². The molecule has 34 heavy (non-hydrogen) atoms. The van der Waals surface area contributed by atoms with E-state index in [0.717, 1.165) is 31.2 Å². The number of pyridine rings is 1. The van der Waals surface area contributed by atoms with Crippen LogP contribution >= 0.6 is 0 Å². The Morgan fingerprint density at radius 1 is 0.794 bits per heavy atom. The minimum absolute atomic E-state index is 0.00641. The summed E-state index contributed by atoms with van der Waals surface area (Å²) in [6.45, 7) is 3.90. The molecule has 178 valence electrons. The van der Waals surface area contributed by atoms with E-state index in [-0.39, 0.29) is 22.3 Å². The lowest BCUT2D eigenvalue weighted by Gasteiger charge is -2.27. The van der Waals surface area contributed by atoms with Crippen molar-refractivity contribution in [3.8, 4) is 22.4 Å². The number of aromatic nitrogens is 1. The molecule has 1 aliphatic carbocycles. The van der Waals surface area contributed by atoms with E-state index in [1.54, 1.807) is 12.3 Å². The van der Waals surface area contributed by atoms with Gasteiger partial charge in [-0.3, -0.25) is 4.98 Å². The van der Waals surface area contributed by atoms with E-state index in [9.17, 15) is 17.6 Å². The van der Waals surface area contributed by atoms with Gasteiger partial charge in [0.15, 0.2) is 23.3 Å². The summed E-state index contributed by atoms with van der Waals surface area (Å²) in [6.07, 6.45) is 11.5. The molecule has 0 radical (unpaired) electrons. The first-order valence-corrected chi connectivity index (χ1v) is 12.0. The van der Waals surface area contributed by atoms with Crippen LogP contribution in [0.25, 0.3) is 22.4 Å². The molecule has 0 atom stereocenters. The van der Waals surface area contributed by atoms with E-state index >= 15 is 0 Å². The van der Waals surface area contributed by atoms with Crippen molar-refractivity contribution in [2.24, 2.45) is 5.92 Å². The number of hydrogen-bond donors (Lipinski definition) is 0. The first-order chi connectivity index (χ1) is 16.4. The molecule has 1 aromatic heterocycles. The van der Waals surface area contributed by atoms with Crippen LogP contribution < -0.4 is 0 Å². The van der Waals surface area contributed by atoms with Crippen LogP contribution in [0.5, 0.6) is 0 Å². The Morgan fingerprint density at radius 2 is 1.41 bits per heavy atom. The lowest BCUT2D eigenvalue weighted by molar-refractivity contribution is 0.375. The quantitative estimate of drug-likeness (QED) is 0.261. The summed E-state index contributed by atoms with van der Waals surface area (Å²) in [5, 5.41) is 0. The Bertz CT molecular complexity index is 1180. The van der Waals surface area contributed by atoms with Crippen molar-refractivity contribution in [2.75, 3.05) is 0 Å². The number of rotatable bonds is 6. The fraction of sp³-hybridized carbons (Fsp3) is 0.345. The molecule has 0 spiro atoms. The van der Waals surface area contributed by atoms with Gasteiger partial charge in [-0.15, -0.1) is 0 Å². The summed E-state index contributed by atoms with van der Waals surface area (Å²) < 4.78 is 58.9. The molecule has 5 heteroatoms. The van der Waals surface area contributed by atoms with Gasteiger partial charge in [-0.2, -0.15) is 0 Å². The number of nitrogens with zero attached hydrogens (tertiary/aromatic N) is 1. The van der Waals surface area contributed by atoms with Crippen molar-refractivity contribution in [1.29, 1.82) is 0 Å². The second-order valence-electron chi connectivity index (χ2n) is 9.05. The highest BCUT2D eigenvalue weighted by molar-refractivity contribution is 5.71. The topological polar surface area (TPSA) is 12.9 Å². The second kappa shape index (κ2) is 10.5. The fourth-order valence-electron chi connectivity index (χ4n) is 4.94.